The van der Waals surface area contributed by atoms with Crippen molar-refractivity contribution >= 4 is 0 Å². The summed E-state index contributed by atoms with van der Waals surface area (Å²) >= 11 is 0. The molecular weight excluding hydrogens is 154 g/mol. The summed E-state index contributed by atoms with van der Waals surface area (Å²) in [6.45, 7) is 2.00. The smallest absolute Gasteiger partial charge is 0.0529 e. The molecule has 0 radical (unpaired) electrons. The Labute approximate surface area is 72.0 Å². The fraction of sp³-hybridized carbons (Fsp3) is 0.625. The molecule has 0 saturated carbocycles. The minimum Gasteiger partial charge on any atom is -0.381 e. The highest BCUT2D eigenvalue weighted by molar-refractivity contribution is 4.69. The standard InChI is InChI=1S/C5H10O.C3H3N3/c2*1-2-4-6-5-3-1/h1-5H2;1-3H. The third-order valence-corrected chi connectivity index (χ3v) is 1.49. The topological polar surface area (TPSA) is 47.9 Å². The van der Waals surface area contributed by atoms with Crippen LogP contribution in [0.1, 0.15) is 19.3 Å². The first kappa shape index (κ1) is 9.06. The second-order valence-electron chi connectivity index (χ2n) is 2.48. The lowest BCUT2D eigenvalue weighted by molar-refractivity contribution is 0.0968. The summed E-state index contributed by atoms with van der Waals surface area (Å²) < 4.78 is 5.07. The van der Waals surface area contributed by atoms with Crippen molar-refractivity contribution in [2.24, 2.45) is 0 Å². The first-order valence-corrected chi connectivity index (χ1v) is 4.16. The molecule has 0 spiro atoms. The Morgan fingerprint density at radius 2 is 1.58 bits per heavy atom. The second-order valence-corrected chi connectivity index (χ2v) is 2.48. The molecule has 2 rings (SSSR count). The summed E-state index contributed by atoms with van der Waals surface area (Å²) in [6, 6.07) is 1.72. The zero-order valence-corrected chi connectivity index (χ0v) is 7.02. The normalized spacial score (nSPS) is 16.0. The molecular formula is C8H13N3O. The lowest BCUT2D eigenvalue weighted by Gasteiger charge is -2.08. The van der Waals surface area contributed by atoms with Gasteiger partial charge in [-0.25, -0.2) is 0 Å². The summed E-state index contributed by atoms with van der Waals surface area (Å²) in [5.74, 6) is 0. The lowest BCUT2D eigenvalue weighted by atomic mass is 10.2. The lowest BCUT2D eigenvalue weighted by Crippen LogP contribution is -2.03. The van der Waals surface area contributed by atoms with Crippen LogP contribution in [-0.4, -0.2) is 28.6 Å². The van der Waals surface area contributed by atoms with Crippen LogP contribution in [0.4, 0.5) is 0 Å². The molecule has 1 aliphatic rings. The van der Waals surface area contributed by atoms with Gasteiger partial charge in [0.2, 0.25) is 0 Å². The number of ether oxygens (including phenoxy) is 1. The SMILES string of the molecule is C1CCOCC1.c1cnnnc1. The van der Waals surface area contributed by atoms with Gasteiger partial charge >= 0.3 is 0 Å². The molecule has 1 fully saturated rings. The van der Waals surface area contributed by atoms with Crippen molar-refractivity contribution in [1.82, 2.24) is 15.4 Å². The van der Waals surface area contributed by atoms with Gasteiger partial charge in [0.15, 0.2) is 0 Å². The average Bonchev–Trinajstić information content (AvgIpc) is 2.24. The van der Waals surface area contributed by atoms with Gasteiger partial charge in [-0.3, -0.25) is 0 Å². The van der Waals surface area contributed by atoms with Gasteiger partial charge in [0.25, 0.3) is 0 Å². The molecule has 0 N–H and O–H groups in total. The van der Waals surface area contributed by atoms with E-state index in [4.69, 9.17) is 4.74 Å². The summed E-state index contributed by atoms with van der Waals surface area (Å²) in [5.41, 5.74) is 0. The molecule has 1 saturated heterocycles. The highest BCUT2D eigenvalue weighted by atomic mass is 16.5. The van der Waals surface area contributed by atoms with Gasteiger partial charge in [0.05, 0.1) is 12.4 Å². The van der Waals surface area contributed by atoms with Gasteiger partial charge in [-0.15, -0.1) is 10.2 Å². The summed E-state index contributed by atoms with van der Waals surface area (Å²) in [4.78, 5) is 0. The zero-order valence-electron chi connectivity index (χ0n) is 7.02. The maximum absolute atomic E-state index is 5.07. The molecule has 4 nitrogen and oxygen atoms in total. The van der Waals surface area contributed by atoms with Crippen molar-refractivity contribution in [3.05, 3.63) is 18.5 Å². The van der Waals surface area contributed by atoms with E-state index < -0.39 is 0 Å². The largest absolute Gasteiger partial charge is 0.381 e. The molecule has 1 aliphatic heterocycles. The number of rotatable bonds is 0. The molecule has 0 atom stereocenters. The number of aromatic nitrogens is 3. The van der Waals surface area contributed by atoms with Gasteiger partial charge in [-0.05, 0) is 30.5 Å². The van der Waals surface area contributed by atoms with E-state index in [1.54, 1.807) is 18.5 Å². The van der Waals surface area contributed by atoms with Crippen LogP contribution < -0.4 is 0 Å². The van der Waals surface area contributed by atoms with E-state index in [0.29, 0.717) is 0 Å². The highest BCUT2D eigenvalue weighted by Gasteiger charge is 1.94. The van der Waals surface area contributed by atoms with Crippen molar-refractivity contribution in [3.8, 4) is 0 Å². The second kappa shape index (κ2) is 6.67. The summed E-state index contributed by atoms with van der Waals surface area (Å²) in [5, 5.41) is 10.1. The molecule has 2 heterocycles. The molecule has 0 unspecified atom stereocenters. The summed E-state index contributed by atoms with van der Waals surface area (Å²) in [7, 11) is 0. The van der Waals surface area contributed by atoms with Crippen LogP contribution in [0.2, 0.25) is 0 Å². The van der Waals surface area contributed by atoms with Crippen molar-refractivity contribution < 1.29 is 4.74 Å². The Morgan fingerprint density at radius 3 is 1.75 bits per heavy atom. The van der Waals surface area contributed by atoms with E-state index in [1.165, 1.54) is 19.3 Å². The van der Waals surface area contributed by atoms with Gasteiger partial charge < -0.3 is 4.74 Å². The molecule has 4 heteroatoms. The number of hydrogen-bond acceptors (Lipinski definition) is 4. The van der Waals surface area contributed by atoms with Crippen LogP contribution in [0.5, 0.6) is 0 Å². The molecule has 0 bridgehead atoms. The van der Waals surface area contributed by atoms with E-state index in [1.807, 2.05) is 0 Å². The predicted octanol–water partition coefficient (Wildman–Crippen LogP) is 1.06. The predicted molar refractivity (Wildman–Crippen MR) is 44.5 cm³/mol. The van der Waals surface area contributed by atoms with Crippen LogP contribution in [0, 0.1) is 0 Å². The summed E-state index contributed by atoms with van der Waals surface area (Å²) in [6.07, 6.45) is 7.08. The maximum Gasteiger partial charge on any atom is 0.0529 e. The Bertz CT molecular complexity index is 139. The number of hydrogen-bond donors (Lipinski definition) is 0. The van der Waals surface area contributed by atoms with E-state index in [9.17, 15) is 0 Å². The monoisotopic (exact) mass is 167 g/mol. The minimum atomic E-state index is 1.00. The van der Waals surface area contributed by atoms with Crippen LogP contribution in [-0.2, 0) is 4.74 Å². The number of nitrogens with zero attached hydrogens (tertiary/aromatic N) is 3. The molecule has 66 valence electrons. The van der Waals surface area contributed by atoms with Gasteiger partial charge in [0, 0.05) is 13.2 Å². The Hall–Kier alpha value is -1.03. The van der Waals surface area contributed by atoms with Gasteiger partial charge in [-0.1, -0.05) is 0 Å². The van der Waals surface area contributed by atoms with Crippen molar-refractivity contribution in [1.29, 1.82) is 0 Å². The van der Waals surface area contributed by atoms with Gasteiger partial charge in [0.1, 0.15) is 0 Å². The molecule has 0 amide bonds. The Balaban J connectivity index is 0.000000120. The molecule has 12 heavy (non-hydrogen) atoms. The molecule has 1 aromatic rings. The van der Waals surface area contributed by atoms with E-state index in [-0.39, 0.29) is 0 Å². The molecule has 0 aliphatic carbocycles. The van der Waals surface area contributed by atoms with Crippen LogP contribution >= 0.6 is 0 Å². The van der Waals surface area contributed by atoms with E-state index in [2.05, 4.69) is 15.4 Å². The first-order valence-electron chi connectivity index (χ1n) is 4.16. The molecule has 1 aromatic heterocycles. The Morgan fingerprint density at radius 1 is 0.917 bits per heavy atom. The van der Waals surface area contributed by atoms with Gasteiger partial charge in [-0.2, -0.15) is 0 Å². The van der Waals surface area contributed by atoms with Crippen LogP contribution in [0.15, 0.2) is 18.5 Å². The fourth-order valence-corrected chi connectivity index (χ4v) is 0.892. The van der Waals surface area contributed by atoms with Crippen molar-refractivity contribution in [3.63, 3.8) is 0 Å². The average molecular weight is 167 g/mol. The highest BCUT2D eigenvalue weighted by Crippen LogP contribution is 2.02. The first-order chi connectivity index (χ1) is 6.00. The van der Waals surface area contributed by atoms with E-state index >= 15 is 0 Å². The minimum absolute atomic E-state index is 1.00. The fourth-order valence-electron chi connectivity index (χ4n) is 0.892. The van der Waals surface area contributed by atoms with Crippen molar-refractivity contribution in [2.45, 2.75) is 19.3 Å². The van der Waals surface area contributed by atoms with E-state index in [0.717, 1.165) is 13.2 Å². The third kappa shape index (κ3) is 4.73. The Kier molecular flexibility index (Phi) is 5.03. The van der Waals surface area contributed by atoms with Crippen LogP contribution in [0.3, 0.4) is 0 Å². The molecule has 0 aromatic carbocycles. The maximum atomic E-state index is 5.07. The van der Waals surface area contributed by atoms with Crippen LogP contribution in [0.25, 0.3) is 0 Å². The van der Waals surface area contributed by atoms with Crippen molar-refractivity contribution in [2.75, 3.05) is 13.2 Å². The quantitative estimate of drug-likeness (QED) is 0.579. The zero-order chi connectivity index (χ0) is 8.49. The third-order valence-electron chi connectivity index (χ3n) is 1.49.